The van der Waals surface area contributed by atoms with Gasteiger partial charge in [0.15, 0.2) is 0 Å². The molecule has 1 aliphatic heterocycles. The molecule has 46 heavy (non-hydrogen) atoms. The number of fused-ring (bicyclic) bond motifs is 2. The first kappa shape index (κ1) is 31.1. The summed E-state index contributed by atoms with van der Waals surface area (Å²) < 4.78 is 13.8. The van der Waals surface area contributed by atoms with Gasteiger partial charge in [-0.1, -0.05) is 36.4 Å². The number of hydrogen-bond donors (Lipinski definition) is 3. The van der Waals surface area contributed by atoms with E-state index in [1.807, 2.05) is 67.1 Å². The second kappa shape index (κ2) is 13.6. The number of para-hydroxylation sites is 1. The first-order valence-electron chi connectivity index (χ1n) is 15.4. The van der Waals surface area contributed by atoms with Crippen LogP contribution < -0.4 is 21.1 Å². The minimum Gasteiger partial charge on any atom is -0.495 e. The lowest BCUT2D eigenvalue weighted by Gasteiger charge is -2.31. The number of carbonyl (C=O) groups excluding carboxylic acids is 2. The van der Waals surface area contributed by atoms with Crippen molar-refractivity contribution in [2.75, 3.05) is 44.4 Å². The lowest BCUT2D eigenvalue weighted by Crippen LogP contribution is -2.45. The summed E-state index contributed by atoms with van der Waals surface area (Å²) in [7, 11) is 3.48. The zero-order chi connectivity index (χ0) is 32.2. The second-order valence-corrected chi connectivity index (χ2v) is 12.1. The Kier molecular flexibility index (Phi) is 9.23. The molecule has 0 bridgehead atoms. The zero-order valence-electron chi connectivity index (χ0n) is 26.2. The van der Waals surface area contributed by atoms with Crippen LogP contribution in [0.3, 0.4) is 0 Å². The van der Waals surface area contributed by atoms with E-state index in [1.165, 1.54) is 0 Å². The van der Waals surface area contributed by atoms with Crippen LogP contribution in [0.4, 0.5) is 16.3 Å². The van der Waals surface area contributed by atoms with Crippen molar-refractivity contribution in [3.05, 3.63) is 77.4 Å². The SMILES string of the molecule is CCOC(=O)N1CCC(NC/C=C/c2cnc(N)c3c(-c4ccc(NC(=O)c5cc6ccccc6n5C)c(OC)c4)csc23)CC1. The van der Waals surface area contributed by atoms with Crippen LogP contribution in [0, 0.1) is 0 Å². The Morgan fingerprint density at radius 1 is 1.15 bits per heavy atom. The van der Waals surface area contributed by atoms with E-state index in [4.69, 9.17) is 15.2 Å². The van der Waals surface area contributed by atoms with E-state index in [9.17, 15) is 9.59 Å². The van der Waals surface area contributed by atoms with Gasteiger partial charge in [-0.3, -0.25) is 4.79 Å². The fourth-order valence-corrected chi connectivity index (χ4v) is 7.05. The smallest absolute Gasteiger partial charge is 0.409 e. The highest BCUT2D eigenvalue weighted by atomic mass is 32.1. The van der Waals surface area contributed by atoms with E-state index < -0.39 is 0 Å². The third kappa shape index (κ3) is 6.29. The molecule has 0 saturated carbocycles. The Hall–Kier alpha value is -4.87. The number of ether oxygens (including phenoxy) is 2. The molecule has 1 fully saturated rings. The van der Waals surface area contributed by atoms with Crippen molar-refractivity contribution in [1.82, 2.24) is 19.8 Å². The number of methoxy groups -OCH3 is 1. The number of aryl methyl sites for hydroxylation is 1. The number of amides is 2. The molecule has 10 nitrogen and oxygen atoms in total. The van der Waals surface area contributed by atoms with Gasteiger partial charge in [0.2, 0.25) is 0 Å². The molecule has 2 aromatic carbocycles. The number of thiophene rings is 1. The van der Waals surface area contributed by atoms with Gasteiger partial charge in [-0.05, 0) is 55.0 Å². The topological polar surface area (TPSA) is 124 Å². The number of nitrogens with zero attached hydrogens (tertiary/aromatic N) is 3. The van der Waals surface area contributed by atoms with E-state index >= 15 is 0 Å². The number of nitrogens with two attached hydrogens (primary N) is 1. The van der Waals surface area contributed by atoms with Gasteiger partial charge in [0.05, 0.1) is 19.4 Å². The van der Waals surface area contributed by atoms with Gasteiger partial charge in [-0.15, -0.1) is 11.3 Å². The Morgan fingerprint density at radius 2 is 1.96 bits per heavy atom. The summed E-state index contributed by atoms with van der Waals surface area (Å²) in [4.78, 5) is 31.5. The van der Waals surface area contributed by atoms with Crippen LogP contribution in [-0.4, -0.2) is 65.8 Å². The predicted octanol–water partition coefficient (Wildman–Crippen LogP) is 6.52. The highest BCUT2D eigenvalue weighted by molar-refractivity contribution is 7.18. The predicted molar refractivity (Wildman–Crippen MR) is 186 cm³/mol. The largest absolute Gasteiger partial charge is 0.495 e. The third-order valence-corrected chi connectivity index (χ3v) is 9.47. The average Bonchev–Trinajstić information content (AvgIpc) is 3.67. The third-order valence-electron chi connectivity index (χ3n) is 8.44. The summed E-state index contributed by atoms with van der Waals surface area (Å²) in [5.74, 6) is 0.792. The lowest BCUT2D eigenvalue weighted by molar-refractivity contribution is 0.0953. The van der Waals surface area contributed by atoms with Gasteiger partial charge in [0.25, 0.3) is 5.91 Å². The van der Waals surface area contributed by atoms with Crippen LogP contribution in [-0.2, 0) is 11.8 Å². The molecule has 1 aliphatic rings. The van der Waals surface area contributed by atoms with Crippen LogP contribution in [0.25, 0.3) is 38.2 Å². The highest BCUT2D eigenvalue weighted by Gasteiger charge is 2.23. The quantitative estimate of drug-likeness (QED) is 0.168. The average molecular weight is 639 g/mol. The van der Waals surface area contributed by atoms with Crippen LogP contribution in [0.1, 0.15) is 35.8 Å². The summed E-state index contributed by atoms with van der Waals surface area (Å²) >= 11 is 1.62. The molecule has 1 saturated heterocycles. The number of aromatic nitrogens is 2. The van der Waals surface area contributed by atoms with Crippen LogP contribution >= 0.6 is 11.3 Å². The molecule has 0 atom stereocenters. The van der Waals surface area contributed by atoms with Gasteiger partial charge in [-0.25, -0.2) is 9.78 Å². The fourth-order valence-electron chi connectivity index (χ4n) is 5.97. The number of rotatable bonds is 9. The Morgan fingerprint density at radius 3 is 2.72 bits per heavy atom. The number of nitrogens with one attached hydrogen (secondary N) is 2. The second-order valence-electron chi connectivity index (χ2n) is 11.2. The van der Waals surface area contributed by atoms with Gasteiger partial charge >= 0.3 is 6.09 Å². The molecule has 4 N–H and O–H groups in total. The summed E-state index contributed by atoms with van der Waals surface area (Å²) in [6.07, 6.45) is 7.53. The number of benzene rings is 2. The van der Waals surface area contributed by atoms with Crippen molar-refractivity contribution in [1.29, 1.82) is 0 Å². The standard InChI is InChI=1S/C35H38N6O4S/c1-4-45-35(43)41-16-13-25(14-17-41)37-15-7-9-24-20-38-33(36)31-26(21-46-32(24)31)22-11-12-27(30(19-22)44-3)39-34(42)29-18-23-8-5-6-10-28(23)40(29)2/h5-12,18-21,25,37H,4,13-17H2,1-3H3,(H2,36,38)(H,39,42)/b9-7+. The Bertz CT molecular complexity index is 1920. The van der Waals surface area contributed by atoms with Crippen molar-refractivity contribution in [2.24, 2.45) is 7.05 Å². The maximum Gasteiger partial charge on any atom is 0.409 e. The lowest BCUT2D eigenvalue weighted by atomic mass is 10.0. The van der Waals surface area contributed by atoms with Gasteiger partial charge in [-0.2, -0.15) is 0 Å². The first-order valence-corrected chi connectivity index (χ1v) is 16.3. The molecule has 11 heteroatoms. The van der Waals surface area contributed by atoms with Gasteiger partial charge in [0, 0.05) is 71.0 Å². The number of pyridine rings is 1. The molecule has 0 aliphatic carbocycles. The van der Waals surface area contributed by atoms with Crippen LogP contribution in [0.5, 0.6) is 5.75 Å². The molecular formula is C35H38N6O4S. The number of anilines is 2. The van der Waals surface area contributed by atoms with Crippen molar-refractivity contribution >= 4 is 61.9 Å². The molecule has 2 amide bonds. The van der Waals surface area contributed by atoms with Crippen molar-refractivity contribution < 1.29 is 19.1 Å². The monoisotopic (exact) mass is 638 g/mol. The maximum absolute atomic E-state index is 13.3. The van der Waals surface area contributed by atoms with E-state index in [0.29, 0.717) is 55.2 Å². The number of nitrogen functional groups attached to an aromatic ring is 1. The summed E-state index contributed by atoms with van der Waals surface area (Å²) in [6, 6.07) is 15.9. The molecule has 5 aromatic rings. The van der Waals surface area contributed by atoms with E-state index in [1.54, 1.807) is 29.5 Å². The Balaban J connectivity index is 1.15. The molecule has 0 radical (unpaired) electrons. The van der Waals surface area contributed by atoms with Crippen LogP contribution in [0.2, 0.25) is 0 Å². The number of piperidine rings is 1. The molecule has 0 unspecified atom stereocenters. The number of likely N-dealkylation sites (tertiary alicyclic amines) is 1. The maximum atomic E-state index is 13.3. The summed E-state index contributed by atoms with van der Waals surface area (Å²) in [5, 5.41) is 10.6. The first-order chi connectivity index (χ1) is 22.4. The molecule has 238 valence electrons. The fraction of sp³-hybridized carbons (Fsp3) is 0.286. The molecule has 4 heterocycles. The Labute approximate surface area is 271 Å². The minimum atomic E-state index is -0.228. The van der Waals surface area contributed by atoms with Gasteiger partial charge < -0.3 is 35.3 Å². The normalized spacial score (nSPS) is 13.9. The van der Waals surface area contributed by atoms with E-state index in [-0.39, 0.29) is 12.0 Å². The summed E-state index contributed by atoms with van der Waals surface area (Å²) in [6.45, 7) is 4.32. The zero-order valence-corrected chi connectivity index (χ0v) is 27.0. The van der Waals surface area contributed by atoms with E-state index in [0.717, 1.165) is 50.5 Å². The molecule has 3 aromatic heterocycles. The minimum absolute atomic E-state index is 0.216. The number of carbonyl (C=O) groups is 2. The highest BCUT2D eigenvalue weighted by Crippen LogP contribution is 2.41. The molecule has 0 spiro atoms. The van der Waals surface area contributed by atoms with Gasteiger partial charge in [0.1, 0.15) is 17.3 Å². The molecule has 6 rings (SSSR count). The van der Waals surface area contributed by atoms with Crippen LogP contribution in [0.15, 0.2) is 66.2 Å². The summed E-state index contributed by atoms with van der Waals surface area (Å²) in [5.41, 5.74) is 11.4. The van der Waals surface area contributed by atoms with E-state index in [2.05, 4.69) is 33.1 Å². The molecular weight excluding hydrogens is 600 g/mol. The number of hydrogen-bond acceptors (Lipinski definition) is 8. The van der Waals surface area contributed by atoms with Crippen molar-refractivity contribution in [3.8, 4) is 16.9 Å². The van der Waals surface area contributed by atoms with Crippen molar-refractivity contribution in [3.63, 3.8) is 0 Å². The van der Waals surface area contributed by atoms with Crippen molar-refractivity contribution in [2.45, 2.75) is 25.8 Å².